The third-order valence-electron chi connectivity index (χ3n) is 5.51. The van der Waals surface area contributed by atoms with E-state index in [-0.39, 0.29) is 29.2 Å². The van der Waals surface area contributed by atoms with Crippen molar-refractivity contribution in [2.45, 2.75) is 39.2 Å². The summed E-state index contributed by atoms with van der Waals surface area (Å²) in [7, 11) is 0. The molecule has 7 nitrogen and oxygen atoms in total. The summed E-state index contributed by atoms with van der Waals surface area (Å²) in [6, 6.07) is 9.46. The third kappa shape index (κ3) is 3.07. The van der Waals surface area contributed by atoms with Gasteiger partial charge in [-0.05, 0) is 17.0 Å². The lowest BCUT2D eigenvalue weighted by Crippen LogP contribution is -2.33. The van der Waals surface area contributed by atoms with Crippen molar-refractivity contribution in [1.29, 1.82) is 5.26 Å². The molecule has 1 unspecified atom stereocenters. The summed E-state index contributed by atoms with van der Waals surface area (Å²) >= 11 is 0. The number of fused-ring (bicyclic) bond motifs is 1. The Labute approximate surface area is 167 Å². The van der Waals surface area contributed by atoms with Gasteiger partial charge in [-0.15, -0.1) is 0 Å². The summed E-state index contributed by atoms with van der Waals surface area (Å²) in [5.41, 5.74) is 7.85. The quantitative estimate of drug-likeness (QED) is 0.829. The van der Waals surface area contributed by atoms with Crippen LogP contribution in [0.2, 0.25) is 0 Å². The molecule has 1 aromatic carbocycles. The van der Waals surface area contributed by atoms with Gasteiger partial charge >= 0.3 is 5.97 Å². The van der Waals surface area contributed by atoms with E-state index in [0.29, 0.717) is 29.7 Å². The Balaban J connectivity index is 1.98. The predicted molar refractivity (Wildman–Crippen MR) is 105 cm³/mol. The fourth-order valence-corrected chi connectivity index (χ4v) is 4.38. The van der Waals surface area contributed by atoms with Crippen molar-refractivity contribution in [1.82, 2.24) is 4.57 Å². The molecule has 2 aromatic rings. The number of ketones is 1. The van der Waals surface area contributed by atoms with Gasteiger partial charge in [-0.3, -0.25) is 9.59 Å². The highest BCUT2D eigenvalue weighted by Crippen LogP contribution is 2.49. The van der Waals surface area contributed by atoms with Crippen molar-refractivity contribution in [2.75, 3.05) is 0 Å². The van der Waals surface area contributed by atoms with Crippen LogP contribution < -0.4 is 5.73 Å². The lowest BCUT2D eigenvalue weighted by molar-refractivity contribution is -0.137. The number of carboxylic acid groups (broad SMARTS) is 1. The molecule has 1 aliphatic carbocycles. The molecule has 3 N–H and O–H groups in total. The van der Waals surface area contributed by atoms with Crippen LogP contribution in [0.25, 0.3) is 10.9 Å². The normalized spacial score (nSPS) is 21.0. The van der Waals surface area contributed by atoms with E-state index in [9.17, 15) is 20.0 Å². The smallest absolute Gasteiger partial charge is 0.323 e. The summed E-state index contributed by atoms with van der Waals surface area (Å²) in [5, 5.41) is 19.9. The lowest BCUT2D eigenvalue weighted by atomic mass is 9.70. The van der Waals surface area contributed by atoms with Gasteiger partial charge in [-0.25, -0.2) is 0 Å². The number of allylic oxidation sites excluding steroid dienone is 3. The Morgan fingerprint density at radius 2 is 2.10 bits per heavy atom. The second-order valence-electron chi connectivity index (χ2n) is 8.33. The predicted octanol–water partition coefficient (Wildman–Crippen LogP) is 3.18. The first-order valence-corrected chi connectivity index (χ1v) is 9.35. The number of nitriles is 1. The highest BCUT2D eigenvalue weighted by molar-refractivity contribution is 6.01. The van der Waals surface area contributed by atoms with Crippen LogP contribution in [0.5, 0.6) is 0 Å². The zero-order valence-corrected chi connectivity index (χ0v) is 16.2. The summed E-state index contributed by atoms with van der Waals surface area (Å²) in [5.74, 6) is -1.22. The molecular formula is C22H21N3O4. The Kier molecular flexibility index (Phi) is 4.23. The minimum absolute atomic E-state index is 0.00295. The van der Waals surface area contributed by atoms with Crippen molar-refractivity contribution in [3.05, 3.63) is 58.8 Å². The molecule has 2 aliphatic rings. The van der Waals surface area contributed by atoms with Gasteiger partial charge in [0, 0.05) is 35.5 Å². The SMILES string of the molecule is CC1(C)CC(=O)C2=C(C1)OC(N)=C(C#N)C2c1cn(CC(=O)O)c2ccccc12. The largest absolute Gasteiger partial charge is 0.480 e. The lowest BCUT2D eigenvalue weighted by Gasteiger charge is -2.37. The molecule has 1 atom stereocenters. The maximum absolute atomic E-state index is 13.1. The first-order valence-electron chi connectivity index (χ1n) is 9.35. The maximum Gasteiger partial charge on any atom is 0.323 e. The van der Waals surface area contributed by atoms with Crippen molar-refractivity contribution >= 4 is 22.7 Å². The molecule has 0 saturated carbocycles. The molecular weight excluding hydrogens is 370 g/mol. The van der Waals surface area contributed by atoms with Gasteiger partial charge in [0.1, 0.15) is 23.9 Å². The van der Waals surface area contributed by atoms with Gasteiger partial charge in [0.25, 0.3) is 0 Å². The van der Waals surface area contributed by atoms with Crippen LogP contribution in [-0.4, -0.2) is 21.4 Å². The van der Waals surface area contributed by atoms with Gasteiger partial charge in [0.2, 0.25) is 5.88 Å². The fraction of sp³-hybridized carbons (Fsp3) is 0.318. The van der Waals surface area contributed by atoms with E-state index < -0.39 is 11.9 Å². The fourth-order valence-electron chi connectivity index (χ4n) is 4.38. The zero-order chi connectivity index (χ0) is 20.9. The van der Waals surface area contributed by atoms with E-state index in [4.69, 9.17) is 10.5 Å². The van der Waals surface area contributed by atoms with Crippen molar-refractivity contribution in [2.24, 2.45) is 11.1 Å². The summed E-state index contributed by atoms with van der Waals surface area (Å²) in [6.45, 7) is 3.76. The number of carbonyl (C=O) groups is 2. The average molecular weight is 391 g/mol. The van der Waals surface area contributed by atoms with E-state index >= 15 is 0 Å². The zero-order valence-electron chi connectivity index (χ0n) is 16.2. The van der Waals surface area contributed by atoms with Crippen LogP contribution >= 0.6 is 0 Å². The maximum atomic E-state index is 13.1. The number of ether oxygens (including phenoxy) is 1. The van der Waals surface area contributed by atoms with Crippen LogP contribution in [0, 0.1) is 16.7 Å². The number of aliphatic carboxylic acids is 1. The minimum Gasteiger partial charge on any atom is -0.480 e. The van der Waals surface area contributed by atoms with Crippen molar-refractivity contribution < 1.29 is 19.4 Å². The number of nitrogens with zero attached hydrogens (tertiary/aromatic N) is 2. The first-order chi connectivity index (χ1) is 13.7. The molecule has 0 radical (unpaired) electrons. The number of Topliss-reactive ketones (excluding diaryl/α,β-unsaturated/α-hetero) is 1. The van der Waals surface area contributed by atoms with Crippen LogP contribution in [-0.2, 0) is 20.9 Å². The van der Waals surface area contributed by atoms with Gasteiger partial charge in [0.15, 0.2) is 5.78 Å². The summed E-state index contributed by atoms with van der Waals surface area (Å²) in [6.07, 6.45) is 2.59. The van der Waals surface area contributed by atoms with Crippen molar-refractivity contribution in [3.8, 4) is 6.07 Å². The Bertz CT molecular complexity index is 1160. The molecule has 0 bridgehead atoms. The molecule has 7 heteroatoms. The second-order valence-corrected chi connectivity index (χ2v) is 8.33. The molecule has 148 valence electrons. The minimum atomic E-state index is -0.977. The van der Waals surface area contributed by atoms with Gasteiger partial charge < -0.3 is 20.1 Å². The number of benzene rings is 1. The summed E-state index contributed by atoms with van der Waals surface area (Å²) < 4.78 is 7.34. The Morgan fingerprint density at radius 1 is 1.38 bits per heavy atom. The second kappa shape index (κ2) is 6.52. The molecule has 1 aromatic heterocycles. The van der Waals surface area contributed by atoms with E-state index in [2.05, 4.69) is 6.07 Å². The van der Waals surface area contributed by atoms with E-state index in [1.165, 1.54) is 0 Å². The molecule has 29 heavy (non-hydrogen) atoms. The van der Waals surface area contributed by atoms with Crippen molar-refractivity contribution in [3.63, 3.8) is 0 Å². The topological polar surface area (TPSA) is 118 Å². The third-order valence-corrected chi connectivity index (χ3v) is 5.51. The summed E-state index contributed by atoms with van der Waals surface area (Å²) in [4.78, 5) is 24.4. The molecule has 2 heterocycles. The van der Waals surface area contributed by atoms with E-state index in [1.807, 2.05) is 38.1 Å². The number of aromatic nitrogens is 1. The Morgan fingerprint density at radius 3 is 2.79 bits per heavy atom. The van der Waals surface area contributed by atoms with Gasteiger partial charge in [0.05, 0.1) is 5.92 Å². The van der Waals surface area contributed by atoms with Crippen LogP contribution in [0.4, 0.5) is 0 Å². The molecule has 0 fully saturated rings. The molecule has 0 saturated heterocycles. The molecule has 1 aliphatic heterocycles. The van der Waals surface area contributed by atoms with Crippen LogP contribution in [0.15, 0.2) is 53.3 Å². The molecule has 0 amide bonds. The van der Waals surface area contributed by atoms with Gasteiger partial charge in [-0.2, -0.15) is 5.26 Å². The molecule has 4 rings (SSSR count). The monoisotopic (exact) mass is 391 g/mol. The highest BCUT2D eigenvalue weighted by atomic mass is 16.5. The highest BCUT2D eigenvalue weighted by Gasteiger charge is 2.43. The number of carboxylic acids is 1. The average Bonchev–Trinajstić information content (AvgIpc) is 2.97. The number of hydrogen-bond acceptors (Lipinski definition) is 5. The van der Waals surface area contributed by atoms with Crippen LogP contribution in [0.1, 0.15) is 38.2 Å². The van der Waals surface area contributed by atoms with Crippen LogP contribution in [0.3, 0.4) is 0 Å². The number of nitrogens with two attached hydrogens (primary N) is 1. The molecule has 0 spiro atoms. The number of para-hydroxylation sites is 1. The van der Waals surface area contributed by atoms with E-state index in [1.54, 1.807) is 10.8 Å². The number of hydrogen-bond donors (Lipinski definition) is 2. The first kappa shape index (κ1) is 18.8. The van der Waals surface area contributed by atoms with Gasteiger partial charge in [-0.1, -0.05) is 32.0 Å². The van der Waals surface area contributed by atoms with E-state index in [0.717, 1.165) is 10.9 Å². The number of rotatable bonds is 3. The standard InChI is InChI=1S/C22H21N3O4/c1-22(2)7-16(26)20-17(8-22)29-21(24)13(9-23)19(20)14-10-25(11-18(27)28)15-6-4-3-5-12(14)15/h3-6,10,19H,7-8,11,24H2,1-2H3,(H,27,28). The Hall–Kier alpha value is -3.53. The number of carbonyl (C=O) groups excluding carboxylic acids is 1.